The number of carbonyl (C=O) groups is 2. The molecule has 0 radical (unpaired) electrons. The summed E-state index contributed by atoms with van der Waals surface area (Å²) in [6.45, 7) is 2.22. The summed E-state index contributed by atoms with van der Waals surface area (Å²) < 4.78 is 25.5. The van der Waals surface area contributed by atoms with E-state index in [9.17, 15) is 19.1 Å². The molecule has 13 nitrogen and oxygen atoms in total. The van der Waals surface area contributed by atoms with Gasteiger partial charge in [0.15, 0.2) is 29.5 Å². The number of nitrogen functional groups attached to an aromatic ring is 1. The highest BCUT2D eigenvalue weighted by molar-refractivity contribution is 7.79. The molecule has 2 amide bonds. The summed E-state index contributed by atoms with van der Waals surface area (Å²) >= 11 is 3.53. The Morgan fingerprint density at radius 2 is 1.89 bits per heavy atom. The Labute approximate surface area is 266 Å². The van der Waals surface area contributed by atoms with Crippen molar-refractivity contribution in [1.29, 1.82) is 0 Å². The van der Waals surface area contributed by atoms with Crippen molar-refractivity contribution >= 4 is 48.0 Å². The second kappa shape index (κ2) is 19.1. The molecule has 244 valence electrons. The predicted molar refractivity (Wildman–Crippen MR) is 173 cm³/mol. The molecule has 1 aliphatic heterocycles. The van der Waals surface area contributed by atoms with E-state index >= 15 is 0 Å². The van der Waals surface area contributed by atoms with Crippen molar-refractivity contribution in [3.05, 3.63) is 77.9 Å². The highest BCUT2D eigenvalue weighted by Crippen LogP contribution is 2.32. The molecule has 1 saturated heterocycles. The maximum Gasteiger partial charge on any atom is 0.339 e. The second-order valence-corrected chi connectivity index (χ2v) is 9.26. The van der Waals surface area contributed by atoms with Gasteiger partial charge in [0, 0.05) is 13.6 Å². The van der Waals surface area contributed by atoms with E-state index in [1.165, 1.54) is 24.5 Å². The van der Waals surface area contributed by atoms with Crippen LogP contribution in [0, 0.1) is 5.82 Å². The smallest absolute Gasteiger partial charge is 0.339 e. The van der Waals surface area contributed by atoms with Crippen LogP contribution >= 0.6 is 12.6 Å². The van der Waals surface area contributed by atoms with Crippen LogP contribution in [-0.4, -0.2) is 82.4 Å². The SMILES string of the molecule is CCNC(=O)Nc1ncnc(N(C)C2CCC(COc3c(F)cccc3C(=O)O)O2)c1N.CS.OC(O)/C=C/c1ccccc1. The summed E-state index contributed by atoms with van der Waals surface area (Å²) in [5, 5.41) is 31.3. The number of para-hydroxylation sites is 1. The zero-order chi connectivity index (χ0) is 33.4. The molecular weight excluding hydrogens is 607 g/mol. The van der Waals surface area contributed by atoms with Gasteiger partial charge >= 0.3 is 12.0 Å². The number of carboxylic acids is 1. The van der Waals surface area contributed by atoms with Crippen molar-refractivity contribution in [3.8, 4) is 5.75 Å². The number of aliphatic hydroxyl groups excluding tert-OH is 1. The van der Waals surface area contributed by atoms with Crippen molar-refractivity contribution in [2.24, 2.45) is 0 Å². The van der Waals surface area contributed by atoms with E-state index in [1.807, 2.05) is 30.3 Å². The standard InChI is InChI=1S/C20H25FN6O5.C9H10O2.CH4S/c1-3-23-20(30)26-17-15(22)18(25-10-24-17)27(2)14-8-7-11(32-14)9-31-16-12(19(28)29)5-4-6-13(16)21;10-9(11)7-6-8-4-2-1-3-5-8;1-2/h4-6,10-11,14H,3,7-9,22H2,1-2H3,(H,28,29)(H2,23,24,25,26,30);1-7,9-11H;2H,1H3/b;7-6+;. The molecule has 2 unspecified atom stereocenters. The van der Waals surface area contributed by atoms with Crippen LogP contribution in [0.15, 0.2) is 60.9 Å². The number of amides is 2. The summed E-state index contributed by atoms with van der Waals surface area (Å²) in [7, 11) is 1.74. The maximum atomic E-state index is 14.0. The molecule has 0 aliphatic carbocycles. The number of ether oxygens (including phenoxy) is 2. The number of hydrogen-bond acceptors (Lipinski definition) is 11. The van der Waals surface area contributed by atoms with Gasteiger partial charge in [-0.2, -0.15) is 12.6 Å². The van der Waals surface area contributed by atoms with Crippen molar-refractivity contribution in [3.63, 3.8) is 0 Å². The number of halogens is 1. The van der Waals surface area contributed by atoms with Gasteiger partial charge in [-0.1, -0.05) is 42.5 Å². The zero-order valence-electron chi connectivity index (χ0n) is 25.1. The van der Waals surface area contributed by atoms with Gasteiger partial charge in [-0.05, 0) is 49.8 Å². The predicted octanol–water partition coefficient (Wildman–Crippen LogP) is 3.61. The topological polar surface area (TPSA) is 192 Å². The number of carbonyl (C=O) groups excluding carboxylic acids is 1. The maximum absolute atomic E-state index is 14.0. The molecule has 4 rings (SSSR count). The van der Waals surface area contributed by atoms with Crippen molar-refractivity contribution < 1.29 is 38.8 Å². The van der Waals surface area contributed by atoms with E-state index in [2.05, 4.69) is 33.2 Å². The lowest BCUT2D eigenvalue weighted by Crippen LogP contribution is -2.34. The number of hydrogen-bond donors (Lipinski definition) is 7. The summed E-state index contributed by atoms with van der Waals surface area (Å²) in [6, 6.07) is 12.8. The van der Waals surface area contributed by atoms with Gasteiger partial charge in [0.2, 0.25) is 0 Å². The minimum atomic E-state index is -1.37. The van der Waals surface area contributed by atoms with Gasteiger partial charge < -0.3 is 40.7 Å². The van der Waals surface area contributed by atoms with Gasteiger partial charge in [-0.3, -0.25) is 5.32 Å². The molecule has 2 heterocycles. The number of urea groups is 1. The second-order valence-electron chi connectivity index (χ2n) is 9.26. The lowest BCUT2D eigenvalue weighted by Gasteiger charge is -2.27. The molecular formula is C30H39FN6O7S. The van der Waals surface area contributed by atoms with Crippen LogP contribution in [-0.2, 0) is 4.74 Å². The summed E-state index contributed by atoms with van der Waals surface area (Å²) in [4.78, 5) is 33.0. The Balaban J connectivity index is 0.000000454. The Morgan fingerprint density at radius 1 is 1.18 bits per heavy atom. The molecule has 45 heavy (non-hydrogen) atoms. The third-order valence-corrected chi connectivity index (χ3v) is 6.15. The first-order valence-electron chi connectivity index (χ1n) is 13.8. The van der Waals surface area contributed by atoms with Crippen LogP contribution < -0.4 is 26.0 Å². The van der Waals surface area contributed by atoms with Gasteiger partial charge in [0.05, 0.1) is 6.10 Å². The molecule has 1 fully saturated rings. The van der Waals surface area contributed by atoms with E-state index in [4.69, 9.17) is 25.4 Å². The average Bonchev–Trinajstić information content (AvgIpc) is 3.51. The van der Waals surface area contributed by atoms with Gasteiger partial charge in [-0.25, -0.2) is 23.9 Å². The Bertz CT molecular complexity index is 1400. The molecule has 2 aromatic carbocycles. The van der Waals surface area contributed by atoms with E-state index in [0.717, 1.165) is 11.6 Å². The molecule has 0 saturated carbocycles. The number of rotatable bonds is 10. The number of nitrogens with one attached hydrogen (secondary N) is 2. The van der Waals surface area contributed by atoms with Crippen molar-refractivity contribution in [1.82, 2.24) is 15.3 Å². The van der Waals surface area contributed by atoms with Crippen molar-refractivity contribution in [2.75, 3.05) is 42.4 Å². The minimum Gasteiger partial charge on any atom is -0.487 e. The van der Waals surface area contributed by atoms with Gasteiger partial charge in [0.1, 0.15) is 30.4 Å². The van der Waals surface area contributed by atoms with Crippen LogP contribution in [0.25, 0.3) is 6.08 Å². The number of thiol groups is 1. The fraction of sp³-hybridized carbons (Fsp3) is 0.333. The molecule has 7 N–H and O–H groups in total. The number of aliphatic hydroxyl groups is 2. The first-order chi connectivity index (χ1) is 21.6. The highest BCUT2D eigenvalue weighted by Gasteiger charge is 2.31. The molecule has 1 aliphatic rings. The van der Waals surface area contributed by atoms with Gasteiger partial charge in [-0.15, -0.1) is 0 Å². The Kier molecular flexibility index (Phi) is 15.6. The molecule has 0 bridgehead atoms. The summed E-state index contributed by atoms with van der Waals surface area (Å²) in [5.41, 5.74) is 7.03. The largest absolute Gasteiger partial charge is 0.487 e. The molecule has 2 atom stereocenters. The van der Waals surface area contributed by atoms with Crippen LogP contribution in [0.1, 0.15) is 35.7 Å². The lowest BCUT2D eigenvalue weighted by atomic mass is 10.2. The lowest BCUT2D eigenvalue weighted by molar-refractivity contribution is 0.00302. The third kappa shape index (κ3) is 11.5. The molecule has 1 aromatic heterocycles. The number of nitrogens with zero attached hydrogens (tertiary/aromatic N) is 3. The molecule has 3 aromatic rings. The fourth-order valence-corrected chi connectivity index (χ4v) is 4.07. The summed E-state index contributed by atoms with van der Waals surface area (Å²) in [5.74, 6) is -1.80. The minimum absolute atomic E-state index is 0.0190. The number of anilines is 3. The average molecular weight is 647 g/mol. The number of aromatic carboxylic acids is 1. The van der Waals surface area contributed by atoms with Crippen molar-refractivity contribution in [2.45, 2.75) is 38.4 Å². The van der Waals surface area contributed by atoms with E-state index in [0.29, 0.717) is 25.2 Å². The first kappa shape index (κ1) is 36.8. The van der Waals surface area contributed by atoms with Gasteiger partial charge in [0.25, 0.3) is 0 Å². The van der Waals surface area contributed by atoms with Crippen LogP contribution in [0.4, 0.5) is 26.5 Å². The monoisotopic (exact) mass is 646 g/mol. The van der Waals surface area contributed by atoms with Crippen LogP contribution in [0.2, 0.25) is 0 Å². The van der Waals surface area contributed by atoms with E-state index in [1.54, 1.807) is 31.2 Å². The highest BCUT2D eigenvalue weighted by atomic mass is 32.1. The Hall–Kier alpha value is -4.44. The third-order valence-electron chi connectivity index (χ3n) is 6.15. The van der Waals surface area contributed by atoms with Crippen LogP contribution in [0.5, 0.6) is 5.75 Å². The zero-order valence-corrected chi connectivity index (χ0v) is 26.0. The molecule has 15 heteroatoms. The van der Waals surface area contributed by atoms with E-state index in [-0.39, 0.29) is 35.5 Å². The number of nitrogens with two attached hydrogens (primary N) is 1. The number of aromatic nitrogens is 2. The van der Waals surface area contributed by atoms with Crippen LogP contribution in [0.3, 0.4) is 0 Å². The normalized spacial score (nSPS) is 15.4. The number of carboxylic acid groups (broad SMARTS) is 1. The summed E-state index contributed by atoms with van der Waals surface area (Å²) in [6.07, 6.45) is 4.99. The quantitative estimate of drug-likeness (QED) is 0.126. The van der Waals surface area contributed by atoms with E-state index < -0.39 is 30.3 Å². The Morgan fingerprint density at radius 3 is 2.53 bits per heavy atom. The number of benzene rings is 2. The molecule has 0 spiro atoms. The first-order valence-corrected chi connectivity index (χ1v) is 14.7. The fourth-order valence-electron chi connectivity index (χ4n) is 4.07.